The van der Waals surface area contributed by atoms with Crippen LogP contribution in [0.25, 0.3) is 0 Å². The third-order valence-electron chi connectivity index (χ3n) is 2.71. The first-order valence-corrected chi connectivity index (χ1v) is 7.96. The van der Waals surface area contributed by atoms with Gasteiger partial charge < -0.3 is 5.32 Å². The Bertz CT molecular complexity index is 550. The topological polar surface area (TPSA) is 75.3 Å². The zero-order valence-electron chi connectivity index (χ0n) is 11.6. The molecule has 0 aliphatic carbocycles. The van der Waals surface area contributed by atoms with E-state index in [0.717, 1.165) is 18.4 Å². The number of amides is 1. The average molecular weight is 296 g/mol. The van der Waals surface area contributed by atoms with Gasteiger partial charge in [0.25, 0.3) is 0 Å². The molecule has 0 heterocycles. The van der Waals surface area contributed by atoms with E-state index in [0.29, 0.717) is 13.1 Å². The Balaban J connectivity index is 2.65. The highest BCUT2D eigenvalue weighted by Crippen LogP contribution is 2.10. The number of nitrogens with one attached hydrogen (secondary N) is 2. The van der Waals surface area contributed by atoms with Crippen molar-refractivity contribution in [3.63, 3.8) is 0 Å². The molecule has 1 aromatic rings. The molecule has 1 amide bonds. The van der Waals surface area contributed by atoms with Crippen molar-refractivity contribution in [1.82, 2.24) is 10.0 Å². The summed E-state index contributed by atoms with van der Waals surface area (Å²) in [6.45, 7) is 6.14. The molecule has 1 rings (SSSR count). The van der Waals surface area contributed by atoms with Crippen LogP contribution < -0.4 is 10.0 Å². The molecular formula is C14H20N2O3S. The molecule has 0 radical (unpaired) electrons. The molecule has 0 unspecified atom stereocenters. The predicted octanol–water partition coefficient (Wildman–Crippen LogP) is 1.57. The maximum atomic E-state index is 11.9. The minimum atomic E-state index is -3.44. The molecule has 0 aliphatic heterocycles. The first-order chi connectivity index (χ1) is 9.49. The Morgan fingerprint density at radius 3 is 2.50 bits per heavy atom. The van der Waals surface area contributed by atoms with Crippen molar-refractivity contribution in [3.8, 4) is 0 Å². The van der Waals surface area contributed by atoms with E-state index in [2.05, 4.69) is 16.6 Å². The lowest BCUT2D eigenvalue weighted by Gasteiger charge is -2.07. The lowest BCUT2D eigenvalue weighted by Crippen LogP contribution is -2.24. The first kappa shape index (κ1) is 16.4. The number of carbonyl (C=O) groups is 1. The van der Waals surface area contributed by atoms with Crippen LogP contribution in [0.5, 0.6) is 0 Å². The molecular weight excluding hydrogens is 276 g/mol. The zero-order valence-corrected chi connectivity index (χ0v) is 12.4. The summed E-state index contributed by atoms with van der Waals surface area (Å²) in [4.78, 5) is 11.3. The maximum Gasteiger partial charge on any atom is 0.243 e. The number of carbonyl (C=O) groups excluding carboxylic acids is 1. The van der Waals surface area contributed by atoms with Gasteiger partial charge in [0.1, 0.15) is 0 Å². The smallest absolute Gasteiger partial charge is 0.243 e. The normalized spacial score (nSPS) is 11.1. The van der Waals surface area contributed by atoms with Crippen molar-refractivity contribution >= 4 is 15.9 Å². The van der Waals surface area contributed by atoms with E-state index >= 15 is 0 Å². The molecule has 0 aliphatic rings. The van der Waals surface area contributed by atoms with E-state index in [1.54, 1.807) is 12.1 Å². The van der Waals surface area contributed by atoms with Gasteiger partial charge in [-0.05, 0) is 30.2 Å². The fourth-order valence-electron chi connectivity index (χ4n) is 1.51. The Hall–Kier alpha value is -1.66. The van der Waals surface area contributed by atoms with Gasteiger partial charge in [-0.3, -0.25) is 4.79 Å². The standard InChI is InChI=1S/C14H20N2O3S/c1-3-5-10-16-20(18,19)13-8-6-12(7-9-13)11-15-14(17)4-2/h4,6-9,16H,2-3,5,10-11H2,1H3,(H,15,17). The fourth-order valence-corrected chi connectivity index (χ4v) is 2.59. The number of benzene rings is 1. The van der Waals surface area contributed by atoms with Crippen LogP contribution in [0, 0.1) is 0 Å². The summed E-state index contributed by atoms with van der Waals surface area (Å²) in [5.74, 6) is -0.261. The molecule has 0 spiro atoms. The molecule has 6 heteroatoms. The van der Waals surface area contributed by atoms with E-state index in [4.69, 9.17) is 0 Å². The summed E-state index contributed by atoms with van der Waals surface area (Å²) in [6, 6.07) is 6.42. The van der Waals surface area contributed by atoms with Gasteiger partial charge in [-0.1, -0.05) is 32.1 Å². The van der Waals surface area contributed by atoms with Crippen molar-refractivity contribution in [1.29, 1.82) is 0 Å². The zero-order chi connectivity index (χ0) is 15.0. The van der Waals surface area contributed by atoms with Crippen molar-refractivity contribution in [2.24, 2.45) is 0 Å². The van der Waals surface area contributed by atoms with E-state index in [-0.39, 0.29) is 10.8 Å². The van der Waals surface area contributed by atoms with Crippen LogP contribution in [0.4, 0.5) is 0 Å². The van der Waals surface area contributed by atoms with Gasteiger partial charge in [0.2, 0.25) is 15.9 Å². The highest BCUT2D eigenvalue weighted by Gasteiger charge is 2.12. The van der Waals surface area contributed by atoms with Gasteiger partial charge in [0.15, 0.2) is 0 Å². The van der Waals surface area contributed by atoms with E-state index in [1.807, 2.05) is 6.92 Å². The highest BCUT2D eigenvalue weighted by atomic mass is 32.2. The third kappa shape index (κ3) is 5.14. The van der Waals surface area contributed by atoms with Gasteiger partial charge >= 0.3 is 0 Å². The quantitative estimate of drug-likeness (QED) is 0.565. The van der Waals surface area contributed by atoms with Crippen LogP contribution >= 0.6 is 0 Å². The average Bonchev–Trinajstić information content (AvgIpc) is 2.45. The summed E-state index contributed by atoms with van der Waals surface area (Å²) >= 11 is 0. The maximum absolute atomic E-state index is 11.9. The second-order valence-corrected chi connectivity index (χ2v) is 6.08. The Labute approximate surface area is 120 Å². The van der Waals surface area contributed by atoms with Gasteiger partial charge in [-0.25, -0.2) is 13.1 Å². The van der Waals surface area contributed by atoms with Crippen molar-refractivity contribution < 1.29 is 13.2 Å². The molecule has 20 heavy (non-hydrogen) atoms. The number of hydrogen-bond donors (Lipinski definition) is 2. The number of sulfonamides is 1. The molecule has 0 aromatic heterocycles. The summed E-state index contributed by atoms with van der Waals surface area (Å²) in [5.41, 5.74) is 0.827. The second kappa shape index (κ2) is 7.81. The molecule has 0 fully saturated rings. The van der Waals surface area contributed by atoms with Crippen LogP contribution in [0.15, 0.2) is 41.8 Å². The fraction of sp³-hybridized carbons (Fsp3) is 0.357. The molecule has 0 saturated carbocycles. The summed E-state index contributed by atoms with van der Waals surface area (Å²) in [5, 5.41) is 2.63. The summed E-state index contributed by atoms with van der Waals surface area (Å²) < 4.78 is 26.4. The molecule has 0 atom stereocenters. The molecule has 1 aromatic carbocycles. The SMILES string of the molecule is C=CC(=O)NCc1ccc(S(=O)(=O)NCCCC)cc1. The minimum absolute atomic E-state index is 0.229. The lowest BCUT2D eigenvalue weighted by atomic mass is 10.2. The molecule has 5 nitrogen and oxygen atoms in total. The Kier molecular flexibility index (Phi) is 6.41. The Morgan fingerprint density at radius 1 is 1.30 bits per heavy atom. The van der Waals surface area contributed by atoms with E-state index in [9.17, 15) is 13.2 Å². The van der Waals surface area contributed by atoms with Crippen LogP contribution in [0.1, 0.15) is 25.3 Å². The minimum Gasteiger partial charge on any atom is -0.348 e. The number of hydrogen-bond acceptors (Lipinski definition) is 3. The van der Waals surface area contributed by atoms with E-state index in [1.165, 1.54) is 18.2 Å². The second-order valence-electron chi connectivity index (χ2n) is 4.32. The highest BCUT2D eigenvalue weighted by molar-refractivity contribution is 7.89. The van der Waals surface area contributed by atoms with Crippen LogP contribution in [-0.4, -0.2) is 20.9 Å². The third-order valence-corrected chi connectivity index (χ3v) is 4.19. The van der Waals surface area contributed by atoms with Gasteiger partial charge in [0, 0.05) is 13.1 Å². The van der Waals surface area contributed by atoms with E-state index < -0.39 is 10.0 Å². The monoisotopic (exact) mass is 296 g/mol. The van der Waals surface area contributed by atoms with Crippen molar-refractivity contribution in [3.05, 3.63) is 42.5 Å². The predicted molar refractivity (Wildman–Crippen MR) is 78.6 cm³/mol. The molecule has 0 bridgehead atoms. The molecule has 0 saturated heterocycles. The van der Waals surface area contributed by atoms with Gasteiger partial charge in [0.05, 0.1) is 4.90 Å². The molecule has 110 valence electrons. The van der Waals surface area contributed by atoms with Crippen molar-refractivity contribution in [2.75, 3.05) is 6.54 Å². The van der Waals surface area contributed by atoms with Gasteiger partial charge in [-0.15, -0.1) is 0 Å². The summed E-state index contributed by atoms with van der Waals surface area (Å²) in [7, 11) is -3.44. The van der Waals surface area contributed by atoms with Gasteiger partial charge in [-0.2, -0.15) is 0 Å². The lowest BCUT2D eigenvalue weighted by molar-refractivity contribution is -0.116. The van der Waals surface area contributed by atoms with Crippen LogP contribution in [0.3, 0.4) is 0 Å². The molecule has 2 N–H and O–H groups in total. The van der Waals surface area contributed by atoms with Crippen LogP contribution in [0.2, 0.25) is 0 Å². The Morgan fingerprint density at radius 2 is 1.95 bits per heavy atom. The van der Waals surface area contributed by atoms with Crippen LogP contribution in [-0.2, 0) is 21.4 Å². The largest absolute Gasteiger partial charge is 0.348 e. The summed E-state index contributed by atoms with van der Waals surface area (Å²) in [6.07, 6.45) is 2.94. The van der Waals surface area contributed by atoms with Crippen molar-refractivity contribution in [2.45, 2.75) is 31.2 Å². The number of unbranched alkanes of at least 4 members (excludes halogenated alkanes) is 1. The first-order valence-electron chi connectivity index (χ1n) is 6.48. The number of rotatable bonds is 8.